The summed E-state index contributed by atoms with van der Waals surface area (Å²) < 4.78 is 43.9. The maximum atomic E-state index is 12.9. The SMILES string of the molecule is Cc1cncnc1C(=O)N[C@H](C)c1cc(-c2nc3ccc(C(F)(F)F)cc3[nH]2)no1. The lowest BCUT2D eigenvalue weighted by atomic mass is 10.2. The average molecular weight is 416 g/mol. The number of benzene rings is 1. The quantitative estimate of drug-likeness (QED) is 0.523. The van der Waals surface area contributed by atoms with E-state index in [1.807, 2.05) is 0 Å². The Kier molecular flexibility index (Phi) is 4.72. The first-order valence-electron chi connectivity index (χ1n) is 8.84. The van der Waals surface area contributed by atoms with Crippen molar-refractivity contribution < 1.29 is 22.5 Å². The Morgan fingerprint density at radius 3 is 2.80 bits per heavy atom. The highest BCUT2D eigenvalue weighted by atomic mass is 19.4. The van der Waals surface area contributed by atoms with Crippen molar-refractivity contribution in [3.63, 3.8) is 0 Å². The van der Waals surface area contributed by atoms with Gasteiger partial charge in [0.15, 0.2) is 11.6 Å². The second-order valence-corrected chi connectivity index (χ2v) is 6.68. The van der Waals surface area contributed by atoms with Gasteiger partial charge in [-0.3, -0.25) is 4.79 Å². The van der Waals surface area contributed by atoms with Crippen LogP contribution >= 0.6 is 0 Å². The molecule has 0 radical (unpaired) electrons. The first kappa shape index (κ1) is 19.6. The molecule has 0 saturated heterocycles. The third kappa shape index (κ3) is 3.73. The molecular formula is C19H15F3N6O2. The Balaban J connectivity index is 1.55. The molecule has 0 aliphatic carbocycles. The Hall–Kier alpha value is -3.76. The summed E-state index contributed by atoms with van der Waals surface area (Å²) in [5, 5.41) is 6.65. The molecule has 0 fully saturated rings. The lowest BCUT2D eigenvalue weighted by molar-refractivity contribution is -0.137. The van der Waals surface area contributed by atoms with Crippen LogP contribution < -0.4 is 5.32 Å². The maximum absolute atomic E-state index is 12.9. The van der Waals surface area contributed by atoms with Crippen molar-refractivity contribution in [3.05, 3.63) is 59.4 Å². The lowest BCUT2D eigenvalue weighted by Gasteiger charge is -2.10. The van der Waals surface area contributed by atoms with Crippen molar-refractivity contribution in [3.8, 4) is 11.5 Å². The lowest BCUT2D eigenvalue weighted by Crippen LogP contribution is -2.28. The number of alkyl halides is 3. The van der Waals surface area contributed by atoms with Crippen molar-refractivity contribution in [1.29, 1.82) is 0 Å². The highest BCUT2D eigenvalue weighted by Crippen LogP contribution is 2.31. The monoisotopic (exact) mass is 416 g/mol. The number of aryl methyl sites for hydroxylation is 1. The molecule has 1 amide bonds. The number of aromatic nitrogens is 5. The van der Waals surface area contributed by atoms with Gasteiger partial charge in [-0.25, -0.2) is 15.0 Å². The van der Waals surface area contributed by atoms with Gasteiger partial charge in [0.2, 0.25) is 0 Å². The Labute approximate surface area is 167 Å². The highest BCUT2D eigenvalue weighted by molar-refractivity contribution is 5.93. The zero-order chi connectivity index (χ0) is 21.5. The number of nitrogens with zero attached hydrogens (tertiary/aromatic N) is 4. The number of fused-ring (bicyclic) bond motifs is 1. The van der Waals surface area contributed by atoms with E-state index >= 15 is 0 Å². The highest BCUT2D eigenvalue weighted by Gasteiger charge is 2.31. The van der Waals surface area contributed by atoms with Crippen LogP contribution in [0.3, 0.4) is 0 Å². The predicted molar refractivity (Wildman–Crippen MR) is 99.2 cm³/mol. The maximum Gasteiger partial charge on any atom is 0.416 e. The average Bonchev–Trinajstić information content (AvgIpc) is 3.34. The van der Waals surface area contributed by atoms with Gasteiger partial charge in [-0.1, -0.05) is 5.16 Å². The van der Waals surface area contributed by atoms with E-state index in [4.69, 9.17) is 4.52 Å². The Bertz CT molecular complexity index is 1230. The van der Waals surface area contributed by atoms with Crippen molar-refractivity contribution in [2.45, 2.75) is 26.1 Å². The van der Waals surface area contributed by atoms with Crippen LogP contribution in [-0.4, -0.2) is 31.0 Å². The van der Waals surface area contributed by atoms with Gasteiger partial charge >= 0.3 is 6.18 Å². The molecule has 11 heteroatoms. The fraction of sp³-hybridized carbons (Fsp3) is 0.211. The van der Waals surface area contributed by atoms with Crippen molar-refractivity contribution >= 4 is 16.9 Å². The number of imidazole rings is 1. The molecule has 4 rings (SSSR count). The number of H-pyrrole nitrogens is 1. The largest absolute Gasteiger partial charge is 0.416 e. The molecule has 8 nitrogen and oxygen atoms in total. The molecule has 0 aliphatic rings. The number of hydrogen-bond donors (Lipinski definition) is 2. The van der Waals surface area contributed by atoms with Crippen LogP contribution in [-0.2, 0) is 6.18 Å². The summed E-state index contributed by atoms with van der Waals surface area (Å²) in [5.74, 6) is 0.203. The van der Waals surface area contributed by atoms with E-state index in [1.165, 1.54) is 18.6 Å². The summed E-state index contributed by atoms with van der Waals surface area (Å²) in [4.78, 5) is 27.3. The van der Waals surface area contributed by atoms with Crippen molar-refractivity contribution in [2.24, 2.45) is 0 Å². The van der Waals surface area contributed by atoms with Crippen LogP contribution in [0.25, 0.3) is 22.6 Å². The summed E-state index contributed by atoms with van der Waals surface area (Å²) >= 11 is 0. The Morgan fingerprint density at radius 2 is 2.07 bits per heavy atom. The summed E-state index contributed by atoms with van der Waals surface area (Å²) in [6.07, 6.45) is -1.63. The molecule has 0 spiro atoms. The fourth-order valence-corrected chi connectivity index (χ4v) is 2.89. The number of hydrogen-bond acceptors (Lipinski definition) is 6. The Morgan fingerprint density at radius 1 is 1.27 bits per heavy atom. The van der Waals surface area contributed by atoms with Gasteiger partial charge in [-0.2, -0.15) is 13.2 Å². The number of carbonyl (C=O) groups is 1. The predicted octanol–water partition coefficient (Wildman–Crippen LogP) is 3.83. The van der Waals surface area contributed by atoms with Crippen LogP contribution in [0, 0.1) is 6.92 Å². The first-order valence-corrected chi connectivity index (χ1v) is 8.84. The van der Waals surface area contributed by atoms with Crippen LogP contribution in [0.2, 0.25) is 0 Å². The number of carbonyl (C=O) groups excluding carboxylic acids is 1. The van der Waals surface area contributed by atoms with Crippen LogP contribution in [0.4, 0.5) is 13.2 Å². The van der Waals surface area contributed by atoms with E-state index in [2.05, 4.69) is 30.4 Å². The van der Waals surface area contributed by atoms with E-state index in [0.29, 0.717) is 22.5 Å². The zero-order valence-corrected chi connectivity index (χ0v) is 15.8. The van der Waals surface area contributed by atoms with Gasteiger partial charge in [0.1, 0.15) is 17.7 Å². The number of amides is 1. The topological polar surface area (TPSA) is 110 Å². The van der Waals surface area contributed by atoms with Gasteiger partial charge in [0.25, 0.3) is 5.91 Å². The molecule has 2 N–H and O–H groups in total. The molecule has 0 saturated carbocycles. The number of aromatic amines is 1. The number of halogens is 3. The van der Waals surface area contributed by atoms with Crippen LogP contribution in [0.5, 0.6) is 0 Å². The summed E-state index contributed by atoms with van der Waals surface area (Å²) in [5.41, 5.74) is 0.986. The third-order valence-electron chi connectivity index (χ3n) is 4.46. The van der Waals surface area contributed by atoms with Crippen LogP contribution in [0.1, 0.15) is 40.3 Å². The van der Waals surface area contributed by atoms with E-state index in [0.717, 1.165) is 12.1 Å². The molecule has 30 heavy (non-hydrogen) atoms. The smallest absolute Gasteiger partial charge is 0.358 e. The van der Waals surface area contributed by atoms with Gasteiger partial charge < -0.3 is 14.8 Å². The van der Waals surface area contributed by atoms with E-state index in [9.17, 15) is 18.0 Å². The molecule has 0 bridgehead atoms. The summed E-state index contributed by atoms with van der Waals surface area (Å²) in [7, 11) is 0. The minimum atomic E-state index is -4.45. The first-order chi connectivity index (χ1) is 14.2. The van der Waals surface area contributed by atoms with Crippen molar-refractivity contribution in [2.75, 3.05) is 0 Å². The summed E-state index contributed by atoms with van der Waals surface area (Å²) in [6.45, 7) is 3.42. The zero-order valence-electron chi connectivity index (χ0n) is 15.8. The minimum absolute atomic E-state index is 0.227. The molecule has 3 aromatic heterocycles. The van der Waals surface area contributed by atoms with Gasteiger partial charge in [0, 0.05) is 12.3 Å². The molecule has 3 heterocycles. The van der Waals surface area contributed by atoms with E-state index < -0.39 is 23.7 Å². The molecule has 154 valence electrons. The molecule has 4 aromatic rings. The third-order valence-corrected chi connectivity index (χ3v) is 4.46. The van der Waals surface area contributed by atoms with E-state index in [1.54, 1.807) is 19.9 Å². The number of nitrogens with one attached hydrogen (secondary N) is 2. The number of rotatable bonds is 4. The molecule has 0 unspecified atom stereocenters. The molecular weight excluding hydrogens is 401 g/mol. The summed E-state index contributed by atoms with van der Waals surface area (Å²) in [6, 6.07) is 4.26. The van der Waals surface area contributed by atoms with Gasteiger partial charge in [0.05, 0.1) is 22.6 Å². The standard InChI is InChI=1S/C19H15F3N6O2/c1-9-7-23-8-24-16(9)18(29)25-10(2)15-6-14(28-30-15)17-26-12-4-3-11(19(20,21)22)5-13(12)27-17/h3-8,10H,1-2H3,(H,25,29)(H,26,27)/t10-/m1/s1. The second-order valence-electron chi connectivity index (χ2n) is 6.68. The fourth-order valence-electron chi connectivity index (χ4n) is 2.89. The minimum Gasteiger partial charge on any atom is -0.358 e. The van der Waals surface area contributed by atoms with Crippen LogP contribution in [0.15, 0.2) is 41.3 Å². The van der Waals surface area contributed by atoms with Gasteiger partial charge in [-0.05, 0) is 37.6 Å². The molecule has 1 atom stereocenters. The van der Waals surface area contributed by atoms with Crippen molar-refractivity contribution in [1.82, 2.24) is 30.4 Å². The van der Waals surface area contributed by atoms with Gasteiger partial charge in [-0.15, -0.1) is 0 Å². The second kappa shape index (κ2) is 7.25. The molecule has 0 aliphatic heterocycles. The molecule has 1 aromatic carbocycles. The normalized spacial score (nSPS) is 12.8. The van der Waals surface area contributed by atoms with E-state index in [-0.39, 0.29) is 17.0 Å².